The Labute approximate surface area is 178 Å². The van der Waals surface area contributed by atoms with Crippen molar-refractivity contribution in [2.24, 2.45) is 0 Å². The molecule has 0 radical (unpaired) electrons. The maximum atomic E-state index is 13.7. The second-order valence-corrected chi connectivity index (χ2v) is 9.64. The van der Waals surface area contributed by atoms with E-state index < -0.39 is 12.3 Å². The minimum Gasteiger partial charge on any atom is -0.496 e. The Kier molecular flexibility index (Phi) is 10.7. The van der Waals surface area contributed by atoms with Gasteiger partial charge in [0.1, 0.15) is 5.75 Å². The van der Waals surface area contributed by atoms with Crippen molar-refractivity contribution in [1.82, 2.24) is 20.9 Å². The van der Waals surface area contributed by atoms with E-state index in [9.17, 15) is 14.7 Å². The molecule has 3 N–H and O–H groups in total. The van der Waals surface area contributed by atoms with Gasteiger partial charge in [-0.05, 0) is 13.0 Å². The van der Waals surface area contributed by atoms with Gasteiger partial charge in [0.15, 0.2) is 0 Å². The number of nitrogens with one attached hydrogen (secondary N) is 3. The molecule has 30 heavy (non-hydrogen) atoms. The molecule has 0 aliphatic carbocycles. The molecule has 0 amide bonds. The lowest BCUT2D eigenvalue weighted by molar-refractivity contribution is -0.384. The maximum Gasteiger partial charge on any atom is 0.269 e. The third-order valence-electron chi connectivity index (χ3n) is 4.83. The van der Waals surface area contributed by atoms with Gasteiger partial charge in [-0.15, -0.1) is 0 Å². The molecule has 1 heterocycles. The summed E-state index contributed by atoms with van der Waals surface area (Å²) in [5.41, 5.74) is 0.474. The summed E-state index contributed by atoms with van der Waals surface area (Å²) >= 11 is 0. The van der Waals surface area contributed by atoms with E-state index in [1.807, 2.05) is 6.92 Å². The third kappa shape index (κ3) is 8.29. The highest BCUT2D eigenvalue weighted by molar-refractivity contribution is 7.58. The molecular formula is C19H34N5O5P. The Morgan fingerprint density at radius 3 is 2.23 bits per heavy atom. The minimum atomic E-state index is -3.12. The second-order valence-electron chi connectivity index (χ2n) is 7.15. The number of nitro benzene ring substituents is 1. The summed E-state index contributed by atoms with van der Waals surface area (Å²) in [6, 6.07) is 4.36. The van der Waals surface area contributed by atoms with Crippen LogP contribution in [0.3, 0.4) is 0 Å². The lowest BCUT2D eigenvalue weighted by Gasteiger charge is -2.28. The number of rotatable bonds is 8. The van der Waals surface area contributed by atoms with Crippen LogP contribution in [0.4, 0.5) is 5.69 Å². The first-order valence-corrected chi connectivity index (χ1v) is 12.4. The molecule has 0 spiro atoms. The largest absolute Gasteiger partial charge is 0.496 e. The normalized spacial score (nSPS) is 19.3. The molecule has 1 saturated heterocycles. The molecule has 1 atom stereocenters. The van der Waals surface area contributed by atoms with Gasteiger partial charge in [0.05, 0.1) is 31.1 Å². The lowest BCUT2D eigenvalue weighted by Crippen LogP contribution is -2.42. The number of methoxy groups -OCH3 is 1. The molecule has 1 aliphatic heterocycles. The molecule has 1 unspecified atom stereocenters. The van der Waals surface area contributed by atoms with E-state index in [0.29, 0.717) is 17.9 Å². The van der Waals surface area contributed by atoms with E-state index in [2.05, 4.69) is 20.9 Å². The van der Waals surface area contributed by atoms with Crippen LogP contribution in [-0.2, 0) is 15.3 Å². The highest BCUT2D eigenvalue weighted by Crippen LogP contribution is 2.52. The molecule has 1 aromatic carbocycles. The van der Waals surface area contributed by atoms with Crippen LogP contribution in [0.15, 0.2) is 18.2 Å². The SMILES string of the molecule is CCOP(=O)(Cc1cc([N+](=O)[O-])ccc1OC)CN1CCNCCNCCNCC1. The summed E-state index contributed by atoms with van der Waals surface area (Å²) < 4.78 is 24.8. The zero-order valence-corrected chi connectivity index (χ0v) is 18.8. The molecule has 2 rings (SSSR count). The number of ether oxygens (including phenoxy) is 1. The van der Waals surface area contributed by atoms with Gasteiger partial charge in [0.25, 0.3) is 5.69 Å². The van der Waals surface area contributed by atoms with Crippen LogP contribution >= 0.6 is 7.37 Å². The van der Waals surface area contributed by atoms with E-state index >= 15 is 0 Å². The van der Waals surface area contributed by atoms with E-state index in [4.69, 9.17) is 9.26 Å². The van der Waals surface area contributed by atoms with E-state index in [1.54, 1.807) is 6.07 Å². The maximum absolute atomic E-state index is 13.7. The van der Waals surface area contributed by atoms with Gasteiger partial charge in [-0.25, -0.2) is 0 Å². The van der Waals surface area contributed by atoms with E-state index in [1.165, 1.54) is 19.2 Å². The highest BCUT2D eigenvalue weighted by Gasteiger charge is 2.29. The van der Waals surface area contributed by atoms with Crippen molar-refractivity contribution >= 4 is 13.1 Å². The summed E-state index contributed by atoms with van der Waals surface area (Å²) in [4.78, 5) is 12.9. The van der Waals surface area contributed by atoms with Gasteiger partial charge in [-0.1, -0.05) is 0 Å². The Balaban J connectivity index is 2.15. The summed E-state index contributed by atoms with van der Waals surface area (Å²) in [6.07, 6.45) is 0.376. The topological polar surface area (TPSA) is 118 Å². The molecular weight excluding hydrogens is 409 g/mol. The molecule has 170 valence electrons. The van der Waals surface area contributed by atoms with Gasteiger partial charge in [0.2, 0.25) is 7.37 Å². The van der Waals surface area contributed by atoms with Crippen molar-refractivity contribution < 1.29 is 18.7 Å². The number of hydrogen-bond donors (Lipinski definition) is 3. The summed E-state index contributed by atoms with van der Waals surface area (Å²) in [7, 11) is -1.62. The molecule has 1 aromatic rings. The number of benzene rings is 1. The van der Waals surface area contributed by atoms with Gasteiger partial charge >= 0.3 is 0 Å². The molecule has 0 aromatic heterocycles. The van der Waals surface area contributed by atoms with Crippen LogP contribution in [-0.4, -0.2) is 82.2 Å². The Hall–Kier alpha value is -1.55. The fourth-order valence-electron chi connectivity index (χ4n) is 3.39. The predicted octanol–water partition coefficient (Wildman–Crippen LogP) is 1.46. The summed E-state index contributed by atoms with van der Waals surface area (Å²) in [6.45, 7) is 8.74. The first kappa shape index (κ1) is 24.7. The van der Waals surface area contributed by atoms with Crippen LogP contribution in [0.5, 0.6) is 5.75 Å². The second kappa shape index (κ2) is 13.0. The number of nitro groups is 1. The van der Waals surface area contributed by atoms with Gasteiger partial charge in [-0.2, -0.15) is 0 Å². The third-order valence-corrected chi connectivity index (χ3v) is 7.21. The van der Waals surface area contributed by atoms with Crippen molar-refractivity contribution in [2.45, 2.75) is 13.1 Å². The molecule has 0 bridgehead atoms. The molecule has 11 heteroatoms. The van der Waals surface area contributed by atoms with Crippen molar-refractivity contribution in [3.05, 3.63) is 33.9 Å². The number of non-ortho nitro benzene ring substituents is 1. The molecule has 0 saturated carbocycles. The Bertz CT molecular complexity index is 709. The average molecular weight is 443 g/mol. The van der Waals surface area contributed by atoms with Crippen molar-refractivity contribution in [3.63, 3.8) is 0 Å². The first-order chi connectivity index (χ1) is 14.5. The standard InChI is InChI=1S/C19H34N5O5P/c1-3-29-30(27,15-17-14-18(24(25)26)4-5-19(17)28-2)16-23-12-10-21-8-6-20-7-9-22-11-13-23/h4-5,14,20-22H,3,6-13,15-16H2,1-2H3. The first-order valence-electron chi connectivity index (χ1n) is 10.4. The Morgan fingerprint density at radius 1 is 1.10 bits per heavy atom. The summed E-state index contributed by atoms with van der Waals surface area (Å²) in [5.74, 6) is 0.477. The van der Waals surface area contributed by atoms with Gasteiger partial charge < -0.3 is 25.2 Å². The monoisotopic (exact) mass is 443 g/mol. The Morgan fingerprint density at radius 2 is 1.70 bits per heavy atom. The fraction of sp³-hybridized carbons (Fsp3) is 0.684. The van der Waals surface area contributed by atoms with Gasteiger partial charge in [0, 0.05) is 70.1 Å². The number of nitrogens with zero attached hydrogens (tertiary/aromatic N) is 2. The van der Waals surface area contributed by atoms with Crippen LogP contribution in [0.2, 0.25) is 0 Å². The van der Waals surface area contributed by atoms with Crippen LogP contribution in [0.1, 0.15) is 12.5 Å². The molecule has 1 fully saturated rings. The van der Waals surface area contributed by atoms with Crippen molar-refractivity contribution in [1.29, 1.82) is 0 Å². The van der Waals surface area contributed by atoms with E-state index in [0.717, 1.165) is 52.4 Å². The fourth-order valence-corrected chi connectivity index (χ4v) is 5.80. The zero-order valence-electron chi connectivity index (χ0n) is 17.9. The minimum absolute atomic E-state index is 0.0535. The van der Waals surface area contributed by atoms with Crippen molar-refractivity contribution in [3.8, 4) is 5.75 Å². The highest BCUT2D eigenvalue weighted by atomic mass is 31.2. The zero-order chi connectivity index (χ0) is 21.8. The van der Waals surface area contributed by atoms with E-state index in [-0.39, 0.29) is 18.1 Å². The number of hydrogen-bond acceptors (Lipinski definition) is 9. The van der Waals surface area contributed by atoms with Crippen molar-refractivity contribution in [2.75, 3.05) is 72.4 Å². The average Bonchev–Trinajstić information content (AvgIpc) is 2.70. The lowest BCUT2D eigenvalue weighted by atomic mass is 10.2. The molecule has 1 aliphatic rings. The van der Waals surface area contributed by atoms with Crippen LogP contribution in [0, 0.1) is 10.1 Å². The summed E-state index contributed by atoms with van der Waals surface area (Å²) in [5, 5.41) is 21.3. The van der Waals surface area contributed by atoms with Crippen LogP contribution in [0.25, 0.3) is 0 Å². The predicted molar refractivity (Wildman–Crippen MR) is 118 cm³/mol. The van der Waals surface area contributed by atoms with Crippen LogP contribution < -0.4 is 20.7 Å². The smallest absolute Gasteiger partial charge is 0.269 e. The molecule has 10 nitrogen and oxygen atoms in total. The quantitative estimate of drug-likeness (QED) is 0.312. The van der Waals surface area contributed by atoms with Gasteiger partial charge in [-0.3, -0.25) is 19.6 Å².